The van der Waals surface area contributed by atoms with Crippen molar-refractivity contribution in [3.63, 3.8) is 0 Å². The molecule has 2 aromatic carbocycles. The Morgan fingerprint density at radius 1 is 1.10 bits per heavy atom. The minimum absolute atomic E-state index is 0.0827. The van der Waals surface area contributed by atoms with Gasteiger partial charge in [0.15, 0.2) is 0 Å². The number of hydrogen-bond acceptors (Lipinski definition) is 5. The monoisotopic (exact) mass is 576 g/mol. The first-order chi connectivity index (χ1) is 19.4. The van der Waals surface area contributed by atoms with Crippen LogP contribution in [0.3, 0.4) is 0 Å². The van der Waals surface area contributed by atoms with Gasteiger partial charge in [-0.25, -0.2) is 18.9 Å². The highest BCUT2D eigenvalue weighted by atomic mass is 19.4. The maximum Gasteiger partial charge on any atom is 0.418 e. The summed E-state index contributed by atoms with van der Waals surface area (Å²) in [4.78, 5) is 54.7. The van der Waals surface area contributed by atoms with Crippen LogP contribution >= 0.6 is 0 Å². The summed E-state index contributed by atoms with van der Waals surface area (Å²) in [6.45, 7) is 0.654. The normalized spacial score (nSPS) is 20.8. The number of fused-ring (bicyclic) bond motifs is 2. The molecular formula is C28H28F4N4O5. The van der Waals surface area contributed by atoms with Gasteiger partial charge in [-0.2, -0.15) is 13.2 Å². The van der Waals surface area contributed by atoms with Gasteiger partial charge in [0.1, 0.15) is 18.4 Å². The van der Waals surface area contributed by atoms with E-state index in [2.05, 4.69) is 5.32 Å². The van der Waals surface area contributed by atoms with E-state index >= 15 is 0 Å². The third-order valence-electron chi connectivity index (χ3n) is 7.82. The highest BCUT2D eigenvalue weighted by molar-refractivity contribution is 6.06. The summed E-state index contributed by atoms with van der Waals surface area (Å²) < 4.78 is 59.7. The van der Waals surface area contributed by atoms with E-state index < -0.39 is 54.6 Å². The molecule has 0 saturated carbocycles. The van der Waals surface area contributed by atoms with E-state index in [1.807, 2.05) is 0 Å². The van der Waals surface area contributed by atoms with Gasteiger partial charge < -0.3 is 19.9 Å². The number of halogens is 4. The van der Waals surface area contributed by atoms with E-state index in [9.17, 15) is 36.7 Å². The SMILES string of the molecule is C[C@H](N(Cc1ccc(F)cc1)C(=O)CN1C(=O)O[C@@]2(CCc3cc(NC(=O)N4CCCC4)ccc32)C1=O)C(F)(F)F. The Morgan fingerprint density at radius 3 is 2.44 bits per heavy atom. The summed E-state index contributed by atoms with van der Waals surface area (Å²) in [6, 6.07) is 6.99. The van der Waals surface area contributed by atoms with Crippen LogP contribution in [0.25, 0.3) is 0 Å². The van der Waals surface area contributed by atoms with Gasteiger partial charge in [-0.1, -0.05) is 18.2 Å². The molecule has 5 rings (SSSR count). The summed E-state index contributed by atoms with van der Waals surface area (Å²) in [5.74, 6) is -2.56. The molecule has 41 heavy (non-hydrogen) atoms. The maximum absolute atomic E-state index is 13.6. The van der Waals surface area contributed by atoms with Gasteiger partial charge in [-0.3, -0.25) is 9.59 Å². The number of nitrogens with zero attached hydrogens (tertiary/aromatic N) is 3. The van der Waals surface area contributed by atoms with Crippen LogP contribution in [-0.4, -0.2) is 70.5 Å². The standard InChI is InChI=1S/C28H28F4N4O5/c1-17(28(30,31)32)35(15-18-4-6-20(29)7-5-18)23(37)16-36-24(38)27(41-26(36)40)11-10-19-14-21(8-9-22(19)27)33-25(39)34-12-2-3-13-34/h4-9,14,17H,2-3,10-13,15-16H2,1H3,(H,33,39)/t17-,27+/m0/s1. The minimum atomic E-state index is -4.79. The van der Waals surface area contributed by atoms with Crippen LogP contribution in [0, 0.1) is 5.82 Å². The fourth-order valence-electron chi connectivity index (χ4n) is 5.48. The number of rotatable bonds is 6. The van der Waals surface area contributed by atoms with Crippen molar-refractivity contribution in [2.75, 3.05) is 25.0 Å². The zero-order valence-corrected chi connectivity index (χ0v) is 22.2. The number of carbonyl (C=O) groups is 4. The predicted molar refractivity (Wildman–Crippen MR) is 137 cm³/mol. The second-order valence-electron chi connectivity index (χ2n) is 10.4. The first-order valence-electron chi connectivity index (χ1n) is 13.2. The Kier molecular flexibility index (Phi) is 7.39. The van der Waals surface area contributed by atoms with Gasteiger partial charge in [0.2, 0.25) is 11.5 Å². The third kappa shape index (κ3) is 5.44. The molecule has 5 amide bonds. The molecule has 2 aliphatic heterocycles. The van der Waals surface area contributed by atoms with Crippen molar-refractivity contribution >= 4 is 29.6 Å². The minimum Gasteiger partial charge on any atom is -0.427 e. The fourth-order valence-corrected chi connectivity index (χ4v) is 5.48. The number of carbonyl (C=O) groups excluding carboxylic acids is 4. The van der Waals surface area contributed by atoms with E-state index in [1.54, 1.807) is 23.1 Å². The molecule has 1 spiro atoms. The molecule has 1 N–H and O–H groups in total. The topological polar surface area (TPSA) is 99.3 Å². The Bertz CT molecular complexity index is 1380. The van der Waals surface area contributed by atoms with Gasteiger partial charge in [0.25, 0.3) is 5.91 Å². The van der Waals surface area contributed by atoms with Crippen LogP contribution in [0.15, 0.2) is 42.5 Å². The summed E-state index contributed by atoms with van der Waals surface area (Å²) in [5, 5.41) is 2.83. The molecule has 0 aromatic heterocycles. The van der Waals surface area contributed by atoms with Crippen LogP contribution in [0.5, 0.6) is 0 Å². The highest BCUT2D eigenvalue weighted by Gasteiger charge is 2.58. The molecule has 2 heterocycles. The Labute approximate surface area is 233 Å². The molecule has 218 valence electrons. The summed E-state index contributed by atoms with van der Waals surface area (Å²) in [6.07, 6.45) is -3.63. The van der Waals surface area contributed by atoms with Gasteiger partial charge in [0.05, 0.1) is 0 Å². The van der Waals surface area contributed by atoms with Crippen LogP contribution < -0.4 is 5.32 Å². The lowest BCUT2D eigenvalue weighted by molar-refractivity contribution is -0.187. The van der Waals surface area contributed by atoms with Crippen molar-refractivity contribution in [1.29, 1.82) is 0 Å². The van der Waals surface area contributed by atoms with E-state index in [0.717, 1.165) is 31.9 Å². The lowest BCUT2D eigenvalue weighted by Crippen LogP contribution is -2.51. The largest absolute Gasteiger partial charge is 0.427 e. The number of likely N-dealkylation sites (tertiary alicyclic amines) is 1. The lowest BCUT2D eigenvalue weighted by Gasteiger charge is -2.31. The van der Waals surface area contributed by atoms with E-state index in [4.69, 9.17) is 4.74 Å². The number of benzene rings is 2. The Morgan fingerprint density at radius 2 is 1.78 bits per heavy atom. The molecule has 1 aliphatic carbocycles. The molecule has 0 unspecified atom stereocenters. The van der Waals surface area contributed by atoms with Crippen LogP contribution in [-0.2, 0) is 32.9 Å². The van der Waals surface area contributed by atoms with Crippen molar-refractivity contribution < 1.29 is 41.5 Å². The van der Waals surface area contributed by atoms with E-state index in [-0.39, 0.29) is 18.0 Å². The second kappa shape index (κ2) is 10.7. The summed E-state index contributed by atoms with van der Waals surface area (Å²) >= 11 is 0. The molecule has 0 radical (unpaired) electrons. The molecule has 2 atom stereocenters. The quantitative estimate of drug-likeness (QED) is 0.509. The van der Waals surface area contributed by atoms with Crippen LogP contribution in [0.1, 0.15) is 42.9 Å². The number of aryl methyl sites for hydroxylation is 1. The number of ether oxygens (including phenoxy) is 1. The number of nitrogens with one attached hydrogen (secondary N) is 1. The predicted octanol–water partition coefficient (Wildman–Crippen LogP) is 4.55. The van der Waals surface area contributed by atoms with Crippen molar-refractivity contribution in [3.8, 4) is 0 Å². The van der Waals surface area contributed by atoms with Gasteiger partial charge in [0, 0.05) is 37.3 Å². The zero-order chi connectivity index (χ0) is 29.5. The number of alkyl halides is 3. The lowest BCUT2D eigenvalue weighted by atomic mass is 9.94. The van der Waals surface area contributed by atoms with Crippen molar-refractivity contribution in [3.05, 3.63) is 65.0 Å². The summed E-state index contributed by atoms with van der Waals surface area (Å²) in [5.41, 5.74) is 0.111. The van der Waals surface area contributed by atoms with E-state index in [0.29, 0.717) is 46.1 Å². The van der Waals surface area contributed by atoms with Crippen molar-refractivity contribution in [2.45, 2.75) is 57.0 Å². The van der Waals surface area contributed by atoms with Crippen molar-refractivity contribution in [1.82, 2.24) is 14.7 Å². The molecular weight excluding hydrogens is 548 g/mol. The first kappa shape index (κ1) is 28.4. The number of imide groups is 1. The van der Waals surface area contributed by atoms with E-state index in [1.165, 1.54) is 12.1 Å². The first-order valence-corrected chi connectivity index (χ1v) is 13.2. The Balaban J connectivity index is 1.33. The molecule has 9 nitrogen and oxygen atoms in total. The number of urea groups is 1. The van der Waals surface area contributed by atoms with Gasteiger partial charge in [-0.05, 0) is 61.6 Å². The number of amides is 5. The van der Waals surface area contributed by atoms with Gasteiger partial charge in [-0.15, -0.1) is 0 Å². The Hall–Kier alpha value is -4.16. The molecule has 3 aliphatic rings. The molecule has 2 saturated heterocycles. The number of anilines is 1. The smallest absolute Gasteiger partial charge is 0.418 e. The third-order valence-corrected chi connectivity index (χ3v) is 7.82. The van der Waals surface area contributed by atoms with Gasteiger partial charge >= 0.3 is 18.3 Å². The molecule has 0 bridgehead atoms. The average molecular weight is 577 g/mol. The molecule has 13 heteroatoms. The van der Waals surface area contributed by atoms with Crippen molar-refractivity contribution in [2.24, 2.45) is 0 Å². The molecule has 2 aromatic rings. The average Bonchev–Trinajstić information content (AvgIpc) is 3.64. The van der Waals surface area contributed by atoms with Crippen LogP contribution in [0.2, 0.25) is 0 Å². The molecule has 2 fully saturated rings. The fraction of sp³-hybridized carbons (Fsp3) is 0.429. The second-order valence-corrected chi connectivity index (χ2v) is 10.4. The summed E-state index contributed by atoms with van der Waals surface area (Å²) in [7, 11) is 0. The highest BCUT2D eigenvalue weighted by Crippen LogP contribution is 2.46. The van der Waals surface area contributed by atoms with Crippen LogP contribution in [0.4, 0.5) is 32.8 Å². The maximum atomic E-state index is 13.6. The zero-order valence-electron chi connectivity index (χ0n) is 22.2. The number of hydrogen-bond donors (Lipinski definition) is 1.